The van der Waals surface area contributed by atoms with Crippen LogP contribution in [0.3, 0.4) is 0 Å². The number of benzene rings is 1. The molecule has 0 radical (unpaired) electrons. The van der Waals surface area contributed by atoms with Crippen LogP contribution in [0.5, 0.6) is 5.75 Å². The van der Waals surface area contributed by atoms with Crippen molar-refractivity contribution in [2.45, 2.75) is 45.3 Å². The Morgan fingerprint density at radius 1 is 1.43 bits per heavy atom. The molecule has 0 heterocycles. The Kier molecular flexibility index (Phi) is 4.88. The second kappa shape index (κ2) is 6.48. The predicted octanol–water partition coefficient (Wildman–Crippen LogP) is 2.42. The van der Waals surface area contributed by atoms with Crippen molar-refractivity contribution in [1.82, 2.24) is 4.90 Å². The van der Waals surface area contributed by atoms with Crippen molar-refractivity contribution in [3.05, 3.63) is 29.8 Å². The fraction of sp³-hybridized carbons (Fsp3) is 0.588. The van der Waals surface area contributed by atoms with E-state index in [2.05, 4.69) is 6.07 Å². The summed E-state index contributed by atoms with van der Waals surface area (Å²) in [5, 5.41) is 9.56. The van der Waals surface area contributed by atoms with Gasteiger partial charge < -0.3 is 14.7 Å². The third-order valence-corrected chi connectivity index (χ3v) is 4.00. The predicted molar refractivity (Wildman–Crippen MR) is 82.4 cm³/mol. The van der Waals surface area contributed by atoms with Crippen LogP contribution in [-0.2, 0) is 4.79 Å². The van der Waals surface area contributed by atoms with Crippen LogP contribution < -0.4 is 4.74 Å². The number of nitrogens with zero attached hydrogens (tertiary/aromatic N) is 1. The molecule has 1 N–H and O–H groups in total. The van der Waals surface area contributed by atoms with E-state index in [9.17, 15) is 9.90 Å². The summed E-state index contributed by atoms with van der Waals surface area (Å²) >= 11 is 0. The monoisotopic (exact) mass is 291 g/mol. The van der Waals surface area contributed by atoms with Crippen LogP contribution >= 0.6 is 0 Å². The van der Waals surface area contributed by atoms with E-state index in [0.717, 1.165) is 17.7 Å². The highest BCUT2D eigenvalue weighted by atomic mass is 16.5. The van der Waals surface area contributed by atoms with E-state index in [4.69, 9.17) is 4.74 Å². The molecule has 4 nitrogen and oxygen atoms in total. The average Bonchev–Trinajstić information content (AvgIpc) is 3.24. The minimum atomic E-state index is -0.495. The van der Waals surface area contributed by atoms with Crippen LogP contribution in [0.2, 0.25) is 0 Å². The third-order valence-electron chi connectivity index (χ3n) is 4.00. The van der Waals surface area contributed by atoms with Crippen LogP contribution in [-0.4, -0.2) is 41.7 Å². The summed E-state index contributed by atoms with van der Waals surface area (Å²) in [5.41, 5.74) is 1.16. The van der Waals surface area contributed by atoms with Gasteiger partial charge >= 0.3 is 0 Å². The maximum absolute atomic E-state index is 12.6. The van der Waals surface area contributed by atoms with Crippen molar-refractivity contribution in [1.29, 1.82) is 0 Å². The number of methoxy groups -OCH3 is 1. The highest BCUT2D eigenvalue weighted by Crippen LogP contribution is 2.49. The average molecular weight is 291 g/mol. The Bertz CT molecular complexity index is 499. The largest absolute Gasteiger partial charge is 0.497 e. The molecular formula is C17H25NO3. The second-order valence-electron chi connectivity index (χ2n) is 6.16. The first-order valence-electron chi connectivity index (χ1n) is 7.56. The topological polar surface area (TPSA) is 49.8 Å². The van der Waals surface area contributed by atoms with Crippen molar-refractivity contribution in [2.75, 3.05) is 13.7 Å². The Balaban J connectivity index is 2.05. The maximum atomic E-state index is 12.6. The molecule has 1 amide bonds. The van der Waals surface area contributed by atoms with Crippen molar-refractivity contribution < 1.29 is 14.6 Å². The molecule has 0 aliphatic heterocycles. The molecule has 4 heteroatoms. The van der Waals surface area contributed by atoms with Gasteiger partial charge in [0.25, 0.3) is 0 Å². The molecule has 3 unspecified atom stereocenters. The summed E-state index contributed by atoms with van der Waals surface area (Å²) in [7, 11) is 1.65. The van der Waals surface area contributed by atoms with Gasteiger partial charge in [-0.05, 0) is 50.8 Å². The maximum Gasteiger partial charge on any atom is 0.226 e. The van der Waals surface area contributed by atoms with E-state index in [1.54, 1.807) is 18.9 Å². The summed E-state index contributed by atoms with van der Waals surface area (Å²) in [6.07, 6.45) is 0.389. The summed E-state index contributed by atoms with van der Waals surface area (Å²) < 4.78 is 5.24. The fourth-order valence-corrected chi connectivity index (χ4v) is 2.76. The first kappa shape index (κ1) is 15.8. The number of hydrogen-bond acceptors (Lipinski definition) is 3. The van der Waals surface area contributed by atoms with Gasteiger partial charge in [-0.15, -0.1) is 0 Å². The van der Waals surface area contributed by atoms with E-state index in [1.807, 2.05) is 32.0 Å². The molecule has 1 aliphatic carbocycles. The lowest BCUT2D eigenvalue weighted by molar-refractivity contribution is -0.135. The summed E-state index contributed by atoms with van der Waals surface area (Å²) in [6, 6.07) is 8.04. The molecule has 0 saturated heterocycles. The lowest BCUT2D eigenvalue weighted by atomic mass is 10.1. The molecule has 1 aromatic rings. The molecule has 0 spiro atoms. The molecule has 0 aromatic heterocycles. The van der Waals surface area contributed by atoms with Crippen molar-refractivity contribution in [3.63, 3.8) is 0 Å². The van der Waals surface area contributed by atoms with Crippen LogP contribution in [0.25, 0.3) is 0 Å². The summed E-state index contributed by atoms with van der Waals surface area (Å²) in [5.74, 6) is 1.30. The third kappa shape index (κ3) is 3.76. The fourth-order valence-electron chi connectivity index (χ4n) is 2.76. The molecule has 0 bridgehead atoms. The van der Waals surface area contributed by atoms with E-state index >= 15 is 0 Å². The molecule has 2 rings (SSSR count). The number of ether oxygens (including phenoxy) is 1. The van der Waals surface area contributed by atoms with Crippen molar-refractivity contribution >= 4 is 5.91 Å². The van der Waals surface area contributed by atoms with Gasteiger partial charge in [-0.1, -0.05) is 12.1 Å². The van der Waals surface area contributed by atoms with E-state index in [1.165, 1.54) is 0 Å². The second-order valence-corrected chi connectivity index (χ2v) is 6.16. The SMILES string of the molecule is COc1cccc(C2CC2C(=O)N(CC(C)O)C(C)C)c1. The standard InChI is InChI=1S/C17H25NO3/c1-11(2)18(10-12(3)19)17(20)16-9-15(16)13-6-5-7-14(8-13)21-4/h5-8,11-12,15-16,19H,9-10H2,1-4H3. The molecular weight excluding hydrogens is 266 g/mol. The minimum absolute atomic E-state index is 0.0401. The van der Waals surface area contributed by atoms with Gasteiger partial charge in [0.1, 0.15) is 5.75 Å². The Morgan fingerprint density at radius 3 is 2.71 bits per heavy atom. The van der Waals surface area contributed by atoms with Crippen LogP contribution in [0, 0.1) is 5.92 Å². The normalized spacial score (nSPS) is 22.0. The quantitative estimate of drug-likeness (QED) is 0.875. The first-order chi connectivity index (χ1) is 9.93. The number of rotatable bonds is 6. The molecule has 1 fully saturated rings. The highest BCUT2D eigenvalue weighted by molar-refractivity contribution is 5.83. The van der Waals surface area contributed by atoms with E-state index < -0.39 is 6.10 Å². The van der Waals surface area contributed by atoms with Gasteiger partial charge in [-0.3, -0.25) is 4.79 Å². The molecule has 1 aliphatic rings. The number of aliphatic hydroxyl groups is 1. The number of carbonyl (C=O) groups excluding carboxylic acids is 1. The van der Waals surface area contributed by atoms with Crippen molar-refractivity contribution in [2.24, 2.45) is 5.92 Å². The van der Waals surface area contributed by atoms with E-state index in [-0.39, 0.29) is 23.8 Å². The van der Waals surface area contributed by atoms with Gasteiger partial charge in [0.2, 0.25) is 5.91 Å². The van der Waals surface area contributed by atoms with Crippen LogP contribution in [0.4, 0.5) is 0 Å². The number of carbonyl (C=O) groups is 1. The molecule has 3 atom stereocenters. The zero-order chi connectivity index (χ0) is 15.6. The van der Waals surface area contributed by atoms with Crippen LogP contribution in [0.15, 0.2) is 24.3 Å². The van der Waals surface area contributed by atoms with Gasteiger partial charge in [0.05, 0.1) is 13.2 Å². The number of hydrogen-bond donors (Lipinski definition) is 1. The molecule has 116 valence electrons. The lowest BCUT2D eigenvalue weighted by Gasteiger charge is -2.28. The number of amides is 1. The van der Waals surface area contributed by atoms with Crippen LogP contribution in [0.1, 0.15) is 38.7 Å². The summed E-state index contributed by atoms with van der Waals surface area (Å²) in [6.45, 7) is 6.10. The van der Waals surface area contributed by atoms with Gasteiger partial charge in [0, 0.05) is 18.5 Å². The van der Waals surface area contributed by atoms with Gasteiger partial charge in [0.15, 0.2) is 0 Å². The number of aliphatic hydroxyl groups excluding tert-OH is 1. The zero-order valence-electron chi connectivity index (χ0n) is 13.2. The smallest absolute Gasteiger partial charge is 0.226 e. The van der Waals surface area contributed by atoms with Gasteiger partial charge in [-0.25, -0.2) is 0 Å². The first-order valence-corrected chi connectivity index (χ1v) is 7.56. The Hall–Kier alpha value is -1.55. The molecule has 21 heavy (non-hydrogen) atoms. The Labute approximate surface area is 126 Å². The molecule has 1 saturated carbocycles. The minimum Gasteiger partial charge on any atom is -0.497 e. The summed E-state index contributed by atoms with van der Waals surface area (Å²) in [4.78, 5) is 14.4. The van der Waals surface area contributed by atoms with Crippen molar-refractivity contribution in [3.8, 4) is 5.75 Å². The highest BCUT2D eigenvalue weighted by Gasteiger charge is 2.46. The zero-order valence-corrected chi connectivity index (χ0v) is 13.2. The van der Waals surface area contributed by atoms with Gasteiger partial charge in [-0.2, -0.15) is 0 Å². The lowest BCUT2D eigenvalue weighted by Crippen LogP contribution is -2.42. The molecule has 1 aromatic carbocycles. The van der Waals surface area contributed by atoms with E-state index in [0.29, 0.717) is 6.54 Å². The Morgan fingerprint density at radius 2 is 2.14 bits per heavy atom.